The van der Waals surface area contributed by atoms with Gasteiger partial charge in [-0.05, 0) is 24.0 Å². The van der Waals surface area contributed by atoms with E-state index in [0.29, 0.717) is 17.9 Å². The standard InChI is InChI=1S/C10H12F2/c1-7(2)6-8-4-3-5-9(11)10(8)12/h3-5,7H,6H2,1-2H3. The van der Waals surface area contributed by atoms with Crippen molar-refractivity contribution in [2.75, 3.05) is 0 Å². The molecule has 0 unspecified atom stereocenters. The van der Waals surface area contributed by atoms with Crippen LogP contribution in [-0.2, 0) is 6.42 Å². The largest absolute Gasteiger partial charge is 0.204 e. The summed E-state index contributed by atoms with van der Waals surface area (Å²) < 4.78 is 25.6. The van der Waals surface area contributed by atoms with E-state index in [9.17, 15) is 8.78 Å². The summed E-state index contributed by atoms with van der Waals surface area (Å²) >= 11 is 0. The van der Waals surface area contributed by atoms with Gasteiger partial charge in [-0.2, -0.15) is 0 Å². The quantitative estimate of drug-likeness (QED) is 0.639. The number of hydrogen-bond acceptors (Lipinski definition) is 0. The molecule has 0 radical (unpaired) electrons. The van der Waals surface area contributed by atoms with Gasteiger partial charge in [0.2, 0.25) is 0 Å². The third-order valence-electron chi connectivity index (χ3n) is 1.66. The summed E-state index contributed by atoms with van der Waals surface area (Å²) in [5.41, 5.74) is 0.463. The Bertz CT molecular complexity index is 267. The van der Waals surface area contributed by atoms with Crippen LogP contribution in [0.4, 0.5) is 8.78 Å². The van der Waals surface area contributed by atoms with Gasteiger partial charge in [-0.15, -0.1) is 0 Å². The highest BCUT2D eigenvalue weighted by Crippen LogP contribution is 2.14. The molecule has 0 nitrogen and oxygen atoms in total. The van der Waals surface area contributed by atoms with E-state index in [4.69, 9.17) is 0 Å². The van der Waals surface area contributed by atoms with Gasteiger partial charge >= 0.3 is 0 Å². The van der Waals surface area contributed by atoms with Gasteiger partial charge in [-0.3, -0.25) is 0 Å². The Labute approximate surface area is 71.2 Å². The van der Waals surface area contributed by atoms with Crippen LogP contribution in [0.5, 0.6) is 0 Å². The molecule has 0 aliphatic heterocycles. The maximum Gasteiger partial charge on any atom is 0.162 e. The molecule has 0 saturated carbocycles. The minimum absolute atomic E-state index is 0.348. The Morgan fingerprint density at radius 2 is 1.92 bits per heavy atom. The molecule has 0 bridgehead atoms. The summed E-state index contributed by atoms with van der Waals surface area (Å²) in [6, 6.07) is 4.30. The van der Waals surface area contributed by atoms with Crippen LogP contribution in [0.3, 0.4) is 0 Å². The molecule has 0 amide bonds. The van der Waals surface area contributed by atoms with Crippen LogP contribution in [0.15, 0.2) is 18.2 Å². The highest BCUT2D eigenvalue weighted by atomic mass is 19.2. The molecule has 0 N–H and O–H groups in total. The van der Waals surface area contributed by atoms with Crippen LogP contribution in [0.2, 0.25) is 0 Å². The predicted molar refractivity (Wildman–Crippen MR) is 44.9 cm³/mol. The van der Waals surface area contributed by atoms with E-state index in [0.717, 1.165) is 6.07 Å². The molecular formula is C10H12F2. The predicted octanol–water partition coefficient (Wildman–Crippen LogP) is 3.16. The summed E-state index contributed by atoms with van der Waals surface area (Å²) in [5, 5.41) is 0. The SMILES string of the molecule is CC(C)Cc1cccc(F)c1F. The number of rotatable bonds is 2. The lowest BCUT2D eigenvalue weighted by atomic mass is 10.0. The van der Waals surface area contributed by atoms with Crippen LogP contribution < -0.4 is 0 Å². The fraction of sp³-hybridized carbons (Fsp3) is 0.400. The number of hydrogen-bond donors (Lipinski definition) is 0. The van der Waals surface area contributed by atoms with Gasteiger partial charge in [-0.25, -0.2) is 8.78 Å². The van der Waals surface area contributed by atoms with Crippen LogP contribution in [0.25, 0.3) is 0 Å². The third-order valence-corrected chi connectivity index (χ3v) is 1.66. The van der Waals surface area contributed by atoms with Crippen molar-refractivity contribution in [3.05, 3.63) is 35.4 Å². The molecule has 1 rings (SSSR count). The average molecular weight is 170 g/mol. The van der Waals surface area contributed by atoms with E-state index in [-0.39, 0.29) is 0 Å². The Morgan fingerprint density at radius 1 is 1.25 bits per heavy atom. The zero-order valence-corrected chi connectivity index (χ0v) is 7.27. The third kappa shape index (κ3) is 2.03. The highest BCUT2D eigenvalue weighted by Gasteiger charge is 2.07. The number of halogens is 2. The van der Waals surface area contributed by atoms with Gasteiger partial charge in [0.1, 0.15) is 0 Å². The molecule has 2 heteroatoms. The van der Waals surface area contributed by atoms with Crippen LogP contribution >= 0.6 is 0 Å². The van der Waals surface area contributed by atoms with Crippen molar-refractivity contribution in [2.24, 2.45) is 5.92 Å². The van der Waals surface area contributed by atoms with Crippen molar-refractivity contribution in [3.8, 4) is 0 Å². The van der Waals surface area contributed by atoms with Gasteiger partial charge in [0.05, 0.1) is 0 Å². The molecule has 0 aromatic heterocycles. The molecule has 0 heterocycles. The van der Waals surface area contributed by atoms with E-state index in [2.05, 4.69) is 0 Å². The lowest BCUT2D eigenvalue weighted by Crippen LogP contribution is -1.99. The minimum atomic E-state index is -0.756. The second-order valence-corrected chi connectivity index (χ2v) is 3.31. The molecule has 0 spiro atoms. The summed E-state index contributed by atoms with van der Waals surface area (Å²) in [6.07, 6.45) is 0.587. The van der Waals surface area contributed by atoms with Crippen molar-refractivity contribution in [2.45, 2.75) is 20.3 Å². The van der Waals surface area contributed by atoms with Gasteiger partial charge in [0.15, 0.2) is 11.6 Å². The zero-order chi connectivity index (χ0) is 9.14. The van der Waals surface area contributed by atoms with Crippen LogP contribution in [0, 0.1) is 17.6 Å². The fourth-order valence-electron chi connectivity index (χ4n) is 1.15. The molecule has 0 fully saturated rings. The lowest BCUT2D eigenvalue weighted by Gasteiger charge is -2.05. The fourth-order valence-corrected chi connectivity index (χ4v) is 1.15. The maximum absolute atomic E-state index is 13.0. The first-order chi connectivity index (χ1) is 5.61. The summed E-state index contributed by atoms with van der Waals surface area (Å²) in [4.78, 5) is 0. The average Bonchev–Trinajstić information content (AvgIpc) is 1.98. The summed E-state index contributed by atoms with van der Waals surface area (Å²) in [5.74, 6) is -1.11. The number of benzene rings is 1. The van der Waals surface area contributed by atoms with E-state index in [1.165, 1.54) is 6.07 Å². The first kappa shape index (κ1) is 9.17. The first-order valence-corrected chi connectivity index (χ1v) is 4.04. The molecule has 0 saturated heterocycles. The second kappa shape index (κ2) is 3.65. The Kier molecular flexibility index (Phi) is 2.79. The summed E-state index contributed by atoms with van der Waals surface area (Å²) in [7, 11) is 0. The maximum atomic E-state index is 13.0. The molecule has 0 aliphatic carbocycles. The molecule has 1 aromatic rings. The van der Waals surface area contributed by atoms with Crippen molar-refractivity contribution < 1.29 is 8.78 Å². The van der Waals surface area contributed by atoms with Gasteiger partial charge in [-0.1, -0.05) is 26.0 Å². The zero-order valence-electron chi connectivity index (χ0n) is 7.27. The monoisotopic (exact) mass is 170 g/mol. The van der Waals surface area contributed by atoms with E-state index in [1.807, 2.05) is 13.8 Å². The normalized spacial score (nSPS) is 10.8. The molecule has 12 heavy (non-hydrogen) atoms. The van der Waals surface area contributed by atoms with Crippen molar-refractivity contribution >= 4 is 0 Å². The Morgan fingerprint density at radius 3 is 2.50 bits per heavy atom. The van der Waals surface area contributed by atoms with E-state index in [1.54, 1.807) is 6.07 Å². The van der Waals surface area contributed by atoms with Gasteiger partial charge in [0, 0.05) is 0 Å². The second-order valence-electron chi connectivity index (χ2n) is 3.31. The molecule has 66 valence electrons. The smallest absolute Gasteiger partial charge is 0.162 e. The minimum Gasteiger partial charge on any atom is -0.204 e. The van der Waals surface area contributed by atoms with Gasteiger partial charge < -0.3 is 0 Å². The molecule has 0 atom stereocenters. The van der Waals surface area contributed by atoms with Crippen molar-refractivity contribution in [3.63, 3.8) is 0 Å². The Balaban J connectivity index is 2.92. The van der Waals surface area contributed by atoms with E-state index < -0.39 is 11.6 Å². The lowest BCUT2D eigenvalue weighted by molar-refractivity contribution is 0.489. The summed E-state index contributed by atoms with van der Waals surface area (Å²) in [6.45, 7) is 3.95. The molecule has 0 aliphatic rings. The van der Waals surface area contributed by atoms with Gasteiger partial charge in [0.25, 0.3) is 0 Å². The van der Waals surface area contributed by atoms with E-state index >= 15 is 0 Å². The highest BCUT2D eigenvalue weighted by molar-refractivity contribution is 5.19. The van der Waals surface area contributed by atoms with Crippen molar-refractivity contribution in [1.82, 2.24) is 0 Å². The van der Waals surface area contributed by atoms with Crippen LogP contribution in [0.1, 0.15) is 19.4 Å². The van der Waals surface area contributed by atoms with Crippen LogP contribution in [-0.4, -0.2) is 0 Å². The van der Waals surface area contributed by atoms with Crippen molar-refractivity contribution in [1.29, 1.82) is 0 Å². The first-order valence-electron chi connectivity index (χ1n) is 4.04. The molecule has 1 aromatic carbocycles. The molecular weight excluding hydrogens is 158 g/mol. The Hall–Kier alpha value is -0.920. The topological polar surface area (TPSA) is 0 Å².